The Bertz CT molecular complexity index is 2470. The zero-order valence-electron chi connectivity index (χ0n) is 34.3. The second-order valence-electron chi connectivity index (χ2n) is 15.0. The molecular weight excluding hydrogens is 807 g/mol. The summed E-state index contributed by atoms with van der Waals surface area (Å²) < 4.78 is 17.4. The molecule has 0 saturated heterocycles. The average Bonchev–Trinajstić information content (AvgIpc) is 3.25. The van der Waals surface area contributed by atoms with Crippen LogP contribution in [-0.2, 0) is 26.2 Å². The van der Waals surface area contributed by atoms with Crippen molar-refractivity contribution in [2.45, 2.75) is 58.0 Å². The minimum atomic E-state index is -1.73. The van der Waals surface area contributed by atoms with Gasteiger partial charge in [-0.3, -0.25) is 9.59 Å². The summed E-state index contributed by atoms with van der Waals surface area (Å²) in [6.45, 7) is 7.64. The third-order valence-electron chi connectivity index (χ3n) is 10.6. The zero-order valence-corrected chi connectivity index (χ0v) is 35.8. The van der Waals surface area contributed by atoms with Crippen LogP contribution in [0.15, 0.2) is 158 Å². The maximum atomic E-state index is 13.0. The fraction of sp³-hybridized carbons (Fsp3) is 0.216. The SMILES string of the molecule is CC(C)C(C(=O)OC(C#N)c1cccc(Oc2ccccc2)c1)c1ccc(Cl)cc1.CCC(C)(Cc1cccc(Oc2ccccc2)c1)C(C#N)(C(=O)O)c1ccc(Cl)cc1. The fourth-order valence-corrected chi connectivity index (χ4v) is 7.43. The number of hydrogen-bond acceptors (Lipinski definition) is 7. The monoisotopic (exact) mass is 852 g/mol. The first-order valence-corrected chi connectivity index (χ1v) is 20.5. The van der Waals surface area contributed by atoms with E-state index in [2.05, 4.69) is 12.1 Å². The molecule has 0 spiro atoms. The van der Waals surface area contributed by atoms with Gasteiger partial charge in [0.25, 0.3) is 0 Å². The van der Waals surface area contributed by atoms with Gasteiger partial charge in [0, 0.05) is 21.0 Å². The van der Waals surface area contributed by atoms with E-state index in [1.54, 1.807) is 60.7 Å². The molecule has 0 saturated carbocycles. The van der Waals surface area contributed by atoms with Gasteiger partial charge in [-0.1, -0.05) is 136 Å². The van der Waals surface area contributed by atoms with Crippen molar-refractivity contribution in [1.29, 1.82) is 10.5 Å². The highest BCUT2D eigenvalue weighted by molar-refractivity contribution is 6.30. The van der Waals surface area contributed by atoms with Gasteiger partial charge in [-0.25, -0.2) is 0 Å². The average molecular weight is 854 g/mol. The van der Waals surface area contributed by atoms with Crippen LogP contribution in [0, 0.1) is 34.0 Å². The van der Waals surface area contributed by atoms with Crippen molar-refractivity contribution in [1.82, 2.24) is 0 Å². The molecule has 0 aliphatic carbocycles. The lowest BCUT2D eigenvalue weighted by Crippen LogP contribution is -2.50. The van der Waals surface area contributed by atoms with Crippen LogP contribution in [-0.4, -0.2) is 17.0 Å². The summed E-state index contributed by atoms with van der Waals surface area (Å²) in [6.07, 6.45) is -0.164. The summed E-state index contributed by atoms with van der Waals surface area (Å²) in [7, 11) is 0. The Kier molecular flexibility index (Phi) is 15.7. The van der Waals surface area contributed by atoms with E-state index in [-0.39, 0.29) is 5.92 Å². The number of nitrogens with zero attached hydrogens (tertiary/aromatic N) is 2. The van der Waals surface area contributed by atoms with Gasteiger partial charge in [-0.15, -0.1) is 0 Å². The Labute approximate surface area is 367 Å². The predicted molar refractivity (Wildman–Crippen MR) is 238 cm³/mol. The first kappa shape index (κ1) is 45.5. The fourth-order valence-electron chi connectivity index (χ4n) is 7.18. The van der Waals surface area contributed by atoms with E-state index in [1.807, 2.05) is 125 Å². The van der Waals surface area contributed by atoms with Gasteiger partial charge in [-0.2, -0.15) is 10.5 Å². The Hall–Kier alpha value is -6.58. The lowest BCUT2D eigenvalue weighted by Gasteiger charge is -2.41. The van der Waals surface area contributed by atoms with Gasteiger partial charge in [0.15, 0.2) is 5.41 Å². The van der Waals surface area contributed by atoms with E-state index in [4.69, 9.17) is 37.4 Å². The number of benzene rings is 6. The molecule has 0 radical (unpaired) electrons. The molecule has 4 atom stereocenters. The minimum Gasteiger partial charge on any atom is -0.480 e. The predicted octanol–water partition coefficient (Wildman–Crippen LogP) is 13.3. The largest absolute Gasteiger partial charge is 0.480 e. The molecule has 6 rings (SSSR count). The van der Waals surface area contributed by atoms with Crippen molar-refractivity contribution < 1.29 is 28.9 Å². The van der Waals surface area contributed by atoms with Gasteiger partial charge in [-0.05, 0) is 108 Å². The zero-order chi connectivity index (χ0) is 44.0. The second kappa shape index (κ2) is 21.1. The summed E-state index contributed by atoms with van der Waals surface area (Å²) in [6, 6.07) is 51.2. The second-order valence-corrected chi connectivity index (χ2v) is 15.9. The van der Waals surface area contributed by atoms with E-state index in [0.29, 0.717) is 51.3 Å². The highest BCUT2D eigenvalue weighted by atomic mass is 35.5. The number of hydrogen-bond donors (Lipinski definition) is 1. The molecule has 0 aromatic heterocycles. The summed E-state index contributed by atoms with van der Waals surface area (Å²) in [5.74, 6) is 0.498. The number of carboxylic acid groups (broad SMARTS) is 1. The van der Waals surface area contributed by atoms with Crippen molar-refractivity contribution in [2.24, 2.45) is 11.3 Å². The Balaban J connectivity index is 0.000000231. The van der Waals surface area contributed by atoms with Crippen LogP contribution in [0.5, 0.6) is 23.0 Å². The van der Waals surface area contributed by atoms with E-state index < -0.39 is 34.8 Å². The number of aliphatic carboxylic acids is 1. The summed E-state index contributed by atoms with van der Waals surface area (Å²) in [5, 5.41) is 31.2. The van der Waals surface area contributed by atoms with Crippen LogP contribution >= 0.6 is 23.2 Å². The van der Waals surface area contributed by atoms with Crippen molar-refractivity contribution in [3.63, 3.8) is 0 Å². The van der Waals surface area contributed by atoms with E-state index in [9.17, 15) is 25.2 Å². The van der Waals surface area contributed by atoms with Crippen molar-refractivity contribution >= 4 is 35.1 Å². The molecule has 0 amide bonds. The van der Waals surface area contributed by atoms with Crippen LogP contribution in [0.2, 0.25) is 10.0 Å². The molecule has 0 aliphatic heterocycles. The lowest BCUT2D eigenvalue weighted by molar-refractivity contribution is -0.150. The molecule has 0 heterocycles. The van der Waals surface area contributed by atoms with Crippen molar-refractivity contribution in [3.8, 4) is 35.1 Å². The number of esters is 1. The highest BCUT2D eigenvalue weighted by Crippen LogP contribution is 2.47. The smallest absolute Gasteiger partial charge is 0.329 e. The molecule has 61 heavy (non-hydrogen) atoms. The third-order valence-corrected chi connectivity index (χ3v) is 11.1. The standard InChI is InChI=1S/C26H24ClNO3.C25H22ClNO3/c1-3-25(2,26(18-28,24(29)30)20-12-14-21(27)15-13-20)17-19-8-7-11-23(16-19)31-22-9-5-4-6-10-22;1-17(2)24(18-11-13-20(26)14-12-18)25(28)30-23(16-27)19-7-6-10-22(15-19)29-21-8-4-3-5-9-21/h4-16H,3,17H2,1-2H3,(H,29,30);3-15,17,23-24H,1-2H3. The van der Waals surface area contributed by atoms with Gasteiger partial charge >= 0.3 is 11.9 Å². The topological polar surface area (TPSA) is 130 Å². The summed E-state index contributed by atoms with van der Waals surface area (Å²) in [5.41, 5.74) is 0.0609. The Morgan fingerprint density at radius 2 is 1.18 bits per heavy atom. The van der Waals surface area contributed by atoms with Crippen LogP contribution in [0.3, 0.4) is 0 Å². The van der Waals surface area contributed by atoms with Crippen molar-refractivity contribution in [2.75, 3.05) is 0 Å². The number of rotatable bonds is 15. The van der Waals surface area contributed by atoms with Gasteiger partial charge in [0.05, 0.1) is 12.0 Å². The number of carbonyl (C=O) groups is 2. The molecule has 0 aliphatic rings. The van der Waals surface area contributed by atoms with E-state index >= 15 is 0 Å². The quantitative estimate of drug-likeness (QED) is 0.101. The summed E-state index contributed by atoms with van der Waals surface area (Å²) >= 11 is 12.0. The molecule has 8 nitrogen and oxygen atoms in total. The highest BCUT2D eigenvalue weighted by Gasteiger charge is 2.55. The summed E-state index contributed by atoms with van der Waals surface area (Å²) in [4.78, 5) is 25.5. The van der Waals surface area contributed by atoms with E-state index in [1.165, 1.54) is 0 Å². The first-order valence-electron chi connectivity index (χ1n) is 19.7. The van der Waals surface area contributed by atoms with Crippen LogP contribution in [0.4, 0.5) is 0 Å². The van der Waals surface area contributed by atoms with Gasteiger partial charge in [0.2, 0.25) is 6.10 Å². The molecule has 0 fully saturated rings. The number of carbonyl (C=O) groups excluding carboxylic acids is 1. The van der Waals surface area contributed by atoms with Crippen LogP contribution in [0.25, 0.3) is 0 Å². The van der Waals surface area contributed by atoms with Gasteiger partial charge < -0.3 is 19.3 Å². The lowest BCUT2D eigenvalue weighted by atomic mass is 9.58. The molecule has 310 valence electrons. The van der Waals surface area contributed by atoms with E-state index in [0.717, 1.165) is 16.9 Å². The number of halogens is 2. The van der Waals surface area contributed by atoms with Crippen LogP contribution in [0.1, 0.15) is 68.4 Å². The molecule has 6 aromatic carbocycles. The first-order chi connectivity index (χ1) is 29.3. The normalized spacial score (nSPS) is 13.7. The number of ether oxygens (including phenoxy) is 3. The molecule has 4 unspecified atom stereocenters. The molecule has 6 aromatic rings. The molecule has 1 N–H and O–H groups in total. The molecule has 10 heteroatoms. The minimum absolute atomic E-state index is 0.00855. The Morgan fingerprint density at radius 1 is 0.672 bits per heavy atom. The van der Waals surface area contributed by atoms with Gasteiger partial charge in [0.1, 0.15) is 29.1 Å². The Morgan fingerprint density at radius 3 is 1.67 bits per heavy atom. The number of carboxylic acids is 1. The van der Waals surface area contributed by atoms with Crippen molar-refractivity contribution in [3.05, 3.63) is 190 Å². The number of para-hydroxylation sites is 2. The maximum Gasteiger partial charge on any atom is 0.329 e. The maximum absolute atomic E-state index is 13.0. The van der Waals surface area contributed by atoms with Crippen LogP contribution < -0.4 is 9.47 Å². The third kappa shape index (κ3) is 11.4. The molecule has 0 bridgehead atoms. The molecular formula is C51H46Cl2N2O6. The number of nitriles is 2.